The standard InChI is InChI=1S/C14H17N5S2/c1-10-3-4-12(21-10)8-17-13(15-2)16-7-11-9-19-5-6-20-14(19)18-11/h3-6,9H,7-8H2,1-2H3,(H2,15,16,17). The fourth-order valence-corrected chi connectivity index (χ4v) is 3.56. The summed E-state index contributed by atoms with van der Waals surface area (Å²) in [6.45, 7) is 3.57. The Morgan fingerprint density at radius 3 is 2.90 bits per heavy atom. The molecule has 5 nitrogen and oxygen atoms in total. The molecule has 3 rings (SSSR count). The van der Waals surface area contributed by atoms with Gasteiger partial charge in [-0.1, -0.05) is 0 Å². The molecule has 0 aliphatic carbocycles. The van der Waals surface area contributed by atoms with Crippen molar-refractivity contribution in [1.29, 1.82) is 0 Å². The Morgan fingerprint density at radius 2 is 2.19 bits per heavy atom. The Kier molecular flexibility index (Phi) is 4.21. The molecule has 0 spiro atoms. The number of aryl methyl sites for hydroxylation is 1. The van der Waals surface area contributed by atoms with Gasteiger partial charge in [-0.25, -0.2) is 4.98 Å². The number of rotatable bonds is 4. The summed E-state index contributed by atoms with van der Waals surface area (Å²) in [7, 11) is 1.78. The number of aromatic nitrogens is 2. The molecule has 3 aromatic heterocycles. The molecule has 21 heavy (non-hydrogen) atoms. The van der Waals surface area contributed by atoms with Gasteiger partial charge in [0.1, 0.15) is 0 Å². The number of guanidine groups is 1. The fourth-order valence-electron chi connectivity index (χ4n) is 2.01. The molecule has 0 atom stereocenters. The highest BCUT2D eigenvalue weighted by molar-refractivity contribution is 7.15. The lowest BCUT2D eigenvalue weighted by Gasteiger charge is -2.09. The van der Waals surface area contributed by atoms with Gasteiger partial charge in [-0.2, -0.15) is 0 Å². The van der Waals surface area contributed by atoms with Crippen molar-refractivity contribution in [1.82, 2.24) is 20.0 Å². The summed E-state index contributed by atoms with van der Waals surface area (Å²) in [4.78, 5) is 12.4. The lowest BCUT2D eigenvalue weighted by molar-refractivity contribution is 0.804. The molecular weight excluding hydrogens is 302 g/mol. The molecule has 2 N–H and O–H groups in total. The largest absolute Gasteiger partial charge is 0.352 e. The molecule has 0 amide bonds. The van der Waals surface area contributed by atoms with Gasteiger partial charge >= 0.3 is 0 Å². The molecule has 3 heterocycles. The second-order valence-electron chi connectivity index (χ2n) is 4.62. The smallest absolute Gasteiger partial charge is 0.193 e. The summed E-state index contributed by atoms with van der Waals surface area (Å²) in [5, 5.41) is 8.63. The van der Waals surface area contributed by atoms with Gasteiger partial charge in [-0.05, 0) is 19.1 Å². The third-order valence-electron chi connectivity index (χ3n) is 3.03. The lowest BCUT2D eigenvalue weighted by Crippen LogP contribution is -2.36. The van der Waals surface area contributed by atoms with E-state index in [1.165, 1.54) is 9.75 Å². The van der Waals surface area contributed by atoms with Gasteiger partial charge in [0.2, 0.25) is 0 Å². The third-order valence-corrected chi connectivity index (χ3v) is 4.80. The summed E-state index contributed by atoms with van der Waals surface area (Å²) in [5.74, 6) is 0.789. The van der Waals surface area contributed by atoms with Crippen LogP contribution in [-0.4, -0.2) is 22.4 Å². The van der Waals surface area contributed by atoms with Crippen molar-refractivity contribution < 1.29 is 0 Å². The second-order valence-corrected chi connectivity index (χ2v) is 6.86. The third kappa shape index (κ3) is 3.43. The molecule has 0 saturated carbocycles. The molecule has 0 aliphatic rings. The van der Waals surface area contributed by atoms with Crippen LogP contribution >= 0.6 is 22.7 Å². The predicted octanol–water partition coefficient (Wildman–Crippen LogP) is 2.63. The van der Waals surface area contributed by atoms with Crippen molar-refractivity contribution in [3.63, 3.8) is 0 Å². The molecule has 0 bridgehead atoms. The zero-order valence-electron chi connectivity index (χ0n) is 12.0. The quantitative estimate of drug-likeness (QED) is 0.574. The van der Waals surface area contributed by atoms with E-state index in [-0.39, 0.29) is 0 Å². The maximum absolute atomic E-state index is 4.54. The topological polar surface area (TPSA) is 53.7 Å². The monoisotopic (exact) mass is 319 g/mol. The summed E-state index contributed by atoms with van der Waals surface area (Å²) in [5.41, 5.74) is 1.01. The van der Waals surface area contributed by atoms with Gasteiger partial charge in [0, 0.05) is 34.6 Å². The van der Waals surface area contributed by atoms with Gasteiger partial charge in [0.25, 0.3) is 0 Å². The number of nitrogens with one attached hydrogen (secondary N) is 2. The Hall–Kier alpha value is -1.86. The maximum atomic E-state index is 4.54. The summed E-state index contributed by atoms with van der Waals surface area (Å²) in [6, 6.07) is 4.28. The normalized spacial score (nSPS) is 12.0. The number of imidazole rings is 1. The van der Waals surface area contributed by atoms with Crippen LogP contribution in [-0.2, 0) is 13.1 Å². The molecule has 7 heteroatoms. The van der Waals surface area contributed by atoms with Crippen molar-refractivity contribution in [3.8, 4) is 0 Å². The van der Waals surface area contributed by atoms with Crippen molar-refractivity contribution >= 4 is 33.6 Å². The zero-order valence-corrected chi connectivity index (χ0v) is 13.6. The van der Waals surface area contributed by atoms with E-state index < -0.39 is 0 Å². The minimum absolute atomic E-state index is 0.664. The van der Waals surface area contributed by atoms with Crippen LogP contribution in [0.3, 0.4) is 0 Å². The first kappa shape index (κ1) is 14.1. The molecular formula is C14H17N5S2. The van der Waals surface area contributed by atoms with Gasteiger partial charge < -0.3 is 10.6 Å². The summed E-state index contributed by atoms with van der Waals surface area (Å²) >= 11 is 3.44. The number of hydrogen-bond acceptors (Lipinski definition) is 4. The predicted molar refractivity (Wildman–Crippen MR) is 89.2 cm³/mol. The van der Waals surface area contributed by atoms with E-state index in [1.54, 1.807) is 29.7 Å². The first-order valence-electron chi connectivity index (χ1n) is 6.65. The van der Waals surface area contributed by atoms with Crippen molar-refractivity contribution in [2.45, 2.75) is 20.0 Å². The highest BCUT2D eigenvalue weighted by Crippen LogP contribution is 2.14. The van der Waals surface area contributed by atoms with Crippen LogP contribution in [0.2, 0.25) is 0 Å². The van der Waals surface area contributed by atoms with E-state index in [9.17, 15) is 0 Å². The number of thiazole rings is 1. The maximum Gasteiger partial charge on any atom is 0.193 e. The van der Waals surface area contributed by atoms with Crippen LogP contribution in [0.1, 0.15) is 15.4 Å². The van der Waals surface area contributed by atoms with Crippen LogP contribution < -0.4 is 10.6 Å². The molecule has 0 saturated heterocycles. The van der Waals surface area contributed by atoms with E-state index in [0.29, 0.717) is 6.54 Å². The summed E-state index contributed by atoms with van der Waals surface area (Å²) < 4.78 is 2.03. The van der Waals surface area contributed by atoms with Crippen LogP contribution in [0.5, 0.6) is 0 Å². The molecule has 110 valence electrons. The lowest BCUT2D eigenvalue weighted by atomic mass is 10.4. The number of aliphatic imine (C=N–C) groups is 1. The van der Waals surface area contributed by atoms with Crippen LogP contribution in [0.4, 0.5) is 0 Å². The Bertz CT molecular complexity index is 724. The fraction of sp³-hybridized carbons (Fsp3) is 0.286. The van der Waals surface area contributed by atoms with Gasteiger partial charge in [0.15, 0.2) is 10.9 Å². The minimum atomic E-state index is 0.664. The second kappa shape index (κ2) is 6.28. The van der Waals surface area contributed by atoms with E-state index >= 15 is 0 Å². The van der Waals surface area contributed by atoms with Crippen molar-refractivity contribution in [3.05, 3.63) is 45.4 Å². The molecule has 3 aromatic rings. The van der Waals surface area contributed by atoms with Crippen molar-refractivity contribution in [2.24, 2.45) is 4.99 Å². The molecule has 0 aliphatic heterocycles. The van der Waals surface area contributed by atoms with Gasteiger partial charge in [-0.3, -0.25) is 9.39 Å². The van der Waals surface area contributed by atoms with E-state index in [1.807, 2.05) is 22.2 Å². The van der Waals surface area contributed by atoms with Gasteiger partial charge in [-0.15, -0.1) is 22.7 Å². The van der Waals surface area contributed by atoms with Crippen LogP contribution in [0.15, 0.2) is 34.9 Å². The average molecular weight is 319 g/mol. The van der Waals surface area contributed by atoms with E-state index in [4.69, 9.17) is 0 Å². The van der Waals surface area contributed by atoms with Gasteiger partial charge in [0.05, 0.1) is 18.8 Å². The first-order valence-corrected chi connectivity index (χ1v) is 8.35. The van der Waals surface area contributed by atoms with E-state index in [2.05, 4.69) is 39.7 Å². The minimum Gasteiger partial charge on any atom is -0.352 e. The van der Waals surface area contributed by atoms with E-state index in [0.717, 1.165) is 23.2 Å². The molecule has 0 radical (unpaired) electrons. The summed E-state index contributed by atoms with van der Waals surface area (Å²) in [6.07, 6.45) is 4.05. The van der Waals surface area contributed by atoms with Crippen molar-refractivity contribution in [2.75, 3.05) is 7.05 Å². The number of nitrogens with zero attached hydrogens (tertiary/aromatic N) is 3. The molecule has 0 aromatic carbocycles. The number of fused-ring (bicyclic) bond motifs is 1. The molecule has 0 fully saturated rings. The zero-order chi connectivity index (χ0) is 14.7. The number of thiophene rings is 1. The highest BCUT2D eigenvalue weighted by atomic mass is 32.1. The Labute approximate surface area is 131 Å². The number of hydrogen-bond donors (Lipinski definition) is 2. The highest BCUT2D eigenvalue weighted by Gasteiger charge is 2.04. The SMILES string of the molecule is CN=C(NCc1cn2ccsc2n1)NCc1ccc(C)s1. The first-order chi connectivity index (χ1) is 10.2. The Morgan fingerprint density at radius 1 is 1.33 bits per heavy atom. The molecule has 0 unspecified atom stereocenters. The Balaban J connectivity index is 1.53. The van der Waals surface area contributed by atoms with Crippen LogP contribution in [0.25, 0.3) is 4.96 Å². The average Bonchev–Trinajstić information content (AvgIpc) is 3.15. The van der Waals surface area contributed by atoms with Crippen LogP contribution in [0, 0.1) is 6.92 Å².